The van der Waals surface area contributed by atoms with E-state index in [2.05, 4.69) is 40.4 Å². The molecule has 0 saturated heterocycles. The van der Waals surface area contributed by atoms with Gasteiger partial charge in [-0.25, -0.2) is 0 Å². The number of ether oxygens (including phenoxy) is 2. The van der Waals surface area contributed by atoms with E-state index in [0.717, 1.165) is 12.8 Å². The van der Waals surface area contributed by atoms with Crippen LogP contribution in [-0.2, 0) is 14.3 Å². The van der Waals surface area contributed by atoms with Gasteiger partial charge in [-0.3, -0.25) is 4.79 Å². The summed E-state index contributed by atoms with van der Waals surface area (Å²) < 4.78 is 11.5. The maximum absolute atomic E-state index is 11.9. The van der Waals surface area contributed by atoms with Gasteiger partial charge in [0.1, 0.15) is 0 Å². The lowest BCUT2D eigenvalue weighted by Crippen LogP contribution is -2.34. The van der Waals surface area contributed by atoms with Crippen LogP contribution >= 0.6 is 0 Å². The van der Waals surface area contributed by atoms with Gasteiger partial charge < -0.3 is 9.47 Å². The van der Waals surface area contributed by atoms with E-state index in [1.54, 1.807) is 0 Å². The first kappa shape index (κ1) is 17.4. The molecule has 1 atom stereocenters. The summed E-state index contributed by atoms with van der Waals surface area (Å²) in [7, 11) is -1.51. The third-order valence-corrected chi connectivity index (χ3v) is 6.70. The zero-order valence-electron chi connectivity index (χ0n) is 14.1. The van der Waals surface area contributed by atoms with Gasteiger partial charge in [-0.2, -0.15) is 0 Å². The van der Waals surface area contributed by atoms with Gasteiger partial charge >= 0.3 is 5.97 Å². The van der Waals surface area contributed by atoms with Gasteiger partial charge in [-0.1, -0.05) is 38.7 Å². The van der Waals surface area contributed by atoms with Gasteiger partial charge in [0.15, 0.2) is 0 Å². The SMILES string of the molecule is CCOC(=O)CC1OC(CC)(CC)C(C)=C1[Si](C)(C)C. The Hall–Kier alpha value is -0.613. The van der Waals surface area contributed by atoms with Crippen LogP contribution in [0.15, 0.2) is 10.8 Å². The van der Waals surface area contributed by atoms with Crippen LogP contribution in [0.25, 0.3) is 0 Å². The summed E-state index contributed by atoms with van der Waals surface area (Å²) >= 11 is 0. The van der Waals surface area contributed by atoms with Crippen molar-refractivity contribution >= 4 is 14.0 Å². The molecule has 1 rings (SSSR count). The van der Waals surface area contributed by atoms with E-state index in [-0.39, 0.29) is 17.7 Å². The van der Waals surface area contributed by atoms with Crippen LogP contribution in [0.5, 0.6) is 0 Å². The molecule has 0 fully saturated rings. The summed E-state index contributed by atoms with van der Waals surface area (Å²) in [6, 6.07) is 0. The maximum atomic E-state index is 11.9. The molecule has 1 aliphatic rings. The summed E-state index contributed by atoms with van der Waals surface area (Å²) in [6.45, 7) is 15.8. The number of esters is 1. The Morgan fingerprint density at radius 1 is 1.25 bits per heavy atom. The highest BCUT2D eigenvalue weighted by molar-refractivity contribution is 6.83. The molecule has 3 nitrogen and oxygen atoms in total. The van der Waals surface area contributed by atoms with Crippen LogP contribution in [-0.4, -0.2) is 32.4 Å². The van der Waals surface area contributed by atoms with Gasteiger partial charge in [0, 0.05) is 0 Å². The van der Waals surface area contributed by atoms with E-state index in [4.69, 9.17) is 9.47 Å². The Morgan fingerprint density at radius 2 is 1.80 bits per heavy atom. The van der Waals surface area contributed by atoms with Crippen molar-refractivity contribution in [3.8, 4) is 0 Å². The first-order valence-electron chi connectivity index (χ1n) is 7.77. The van der Waals surface area contributed by atoms with E-state index in [0.29, 0.717) is 13.0 Å². The van der Waals surface area contributed by atoms with Crippen molar-refractivity contribution in [2.24, 2.45) is 0 Å². The molecule has 0 saturated carbocycles. The van der Waals surface area contributed by atoms with Crippen molar-refractivity contribution in [2.75, 3.05) is 6.61 Å². The van der Waals surface area contributed by atoms with E-state index in [9.17, 15) is 4.79 Å². The minimum absolute atomic E-state index is 0.0828. The molecule has 0 spiro atoms. The molecule has 1 aliphatic heterocycles. The van der Waals surface area contributed by atoms with Crippen molar-refractivity contribution in [1.29, 1.82) is 0 Å². The molecule has 1 heterocycles. The fourth-order valence-electron chi connectivity index (χ4n) is 3.41. The van der Waals surface area contributed by atoms with Crippen LogP contribution in [0.4, 0.5) is 0 Å². The lowest BCUT2D eigenvalue weighted by molar-refractivity contribution is -0.147. The minimum atomic E-state index is -1.51. The van der Waals surface area contributed by atoms with E-state index >= 15 is 0 Å². The first-order valence-corrected chi connectivity index (χ1v) is 11.3. The second-order valence-electron chi connectivity index (χ2n) is 6.61. The normalized spacial score (nSPS) is 22.2. The number of rotatable bonds is 6. The molecule has 0 radical (unpaired) electrons. The van der Waals surface area contributed by atoms with Crippen LogP contribution in [0, 0.1) is 0 Å². The molecule has 0 aromatic rings. The Labute approximate surface area is 124 Å². The van der Waals surface area contributed by atoms with E-state index in [1.165, 1.54) is 10.8 Å². The quantitative estimate of drug-likeness (QED) is 0.547. The smallest absolute Gasteiger partial charge is 0.308 e. The molecular formula is C16H30O3Si. The molecule has 0 aromatic carbocycles. The molecular weight excluding hydrogens is 268 g/mol. The minimum Gasteiger partial charge on any atom is -0.466 e. The highest BCUT2D eigenvalue weighted by atomic mass is 28.3. The second kappa shape index (κ2) is 6.44. The Balaban J connectivity index is 3.11. The van der Waals surface area contributed by atoms with Crippen LogP contribution in [0.2, 0.25) is 19.6 Å². The lowest BCUT2D eigenvalue weighted by Gasteiger charge is -2.29. The molecule has 116 valence electrons. The molecule has 0 amide bonds. The fraction of sp³-hybridized carbons (Fsp3) is 0.812. The predicted octanol–water partition coefficient (Wildman–Crippen LogP) is 4.09. The van der Waals surface area contributed by atoms with Gasteiger partial charge in [0.25, 0.3) is 0 Å². The van der Waals surface area contributed by atoms with Crippen LogP contribution < -0.4 is 0 Å². The first-order chi connectivity index (χ1) is 9.21. The average Bonchev–Trinajstić information content (AvgIpc) is 2.62. The molecule has 0 N–H and O–H groups in total. The van der Waals surface area contributed by atoms with E-state index in [1.807, 2.05) is 6.92 Å². The molecule has 1 unspecified atom stereocenters. The molecule has 4 heteroatoms. The summed E-state index contributed by atoms with van der Waals surface area (Å²) in [6.07, 6.45) is 2.19. The summed E-state index contributed by atoms with van der Waals surface area (Å²) in [5, 5.41) is 1.41. The zero-order valence-corrected chi connectivity index (χ0v) is 15.1. The fourth-order valence-corrected chi connectivity index (χ4v) is 5.89. The number of hydrogen-bond acceptors (Lipinski definition) is 3. The molecule has 0 aromatic heterocycles. The molecule has 20 heavy (non-hydrogen) atoms. The largest absolute Gasteiger partial charge is 0.466 e. The molecule has 0 bridgehead atoms. The van der Waals surface area contributed by atoms with Gasteiger partial charge in [-0.15, -0.1) is 0 Å². The second-order valence-corrected chi connectivity index (χ2v) is 11.6. The number of carbonyl (C=O) groups excluding carboxylic acids is 1. The number of hydrogen-bond donors (Lipinski definition) is 0. The summed E-state index contributed by atoms with van der Waals surface area (Å²) in [4.78, 5) is 11.9. The Bertz CT molecular complexity index is 389. The van der Waals surface area contributed by atoms with Crippen molar-refractivity contribution < 1.29 is 14.3 Å². The lowest BCUT2D eigenvalue weighted by atomic mass is 9.90. The third kappa shape index (κ3) is 3.34. The van der Waals surface area contributed by atoms with Crippen molar-refractivity contribution in [3.05, 3.63) is 10.8 Å². The van der Waals surface area contributed by atoms with Gasteiger partial charge in [-0.05, 0) is 32.3 Å². The Morgan fingerprint density at radius 3 is 2.20 bits per heavy atom. The predicted molar refractivity (Wildman–Crippen MR) is 85.5 cm³/mol. The topological polar surface area (TPSA) is 35.5 Å². The van der Waals surface area contributed by atoms with Crippen molar-refractivity contribution in [2.45, 2.75) is 78.3 Å². The van der Waals surface area contributed by atoms with Crippen molar-refractivity contribution in [3.63, 3.8) is 0 Å². The zero-order chi connectivity index (χ0) is 15.6. The van der Waals surface area contributed by atoms with Gasteiger partial charge in [0.2, 0.25) is 0 Å². The van der Waals surface area contributed by atoms with Crippen molar-refractivity contribution in [1.82, 2.24) is 0 Å². The highest BCUT2D eigenvalue weighted by Gasteiger charge is 2.46. The van der Waals surface area contributed by atoms with Gasteiger partial charge in [0.05, 0.1) is 32.8 Å². The van der Waals surface area contributed by atoms with Crippen LogP contribution in [0.1, 0.15) is 47.0 Å². The monoisotopic (exact) mass is 298 g/mol. The Kier molecular flexibility index (Phi) is 5.61. The summed E-state index contributed by atoms with van der Waals surface area (Å²) in [5.41, 5.74) is 1.20. The standard InChI is InChI=1S/C16H30O3Si/c1-8-16(9-2)12(4)15(20(5,6)7)13(19-16)11-14(17)18-10-3/h13H,8-11H2,1-7H3. The summed E-state index contributed by atoms with van der Waals surface area (Å²) in [5.74, 6) is -0.149. The van der Waals surface area contributed by atoms with Crippen LogP contribution in [0.3, 0.4) is 0 Å². The maximum Gasteiger partial charge on any atom is 0.308 e. The average molecular weight is 298 g/mol. The highest BCUT2D eigenvalue weighted by Crippen LogP contribution is 2.45. The van der Waals surface area contributed by atoms with E-state index < -0.39 is 8.07 Å². The number of carbonyl (C=O) groups is 1. The molecule has 0 aliphatic carbocycles. The third-order valence-electron chi connectivity index (χ3n) is 4.38.